The lowest BCUT2D eigenvalue weighted by Crippen LogP contribution is -2.15. The van der Waals surface area contributed by atoms with Crippen LogP contribution in [0.3, 0.4) is 0 Å². The van der Waals surface area contributed by atoms with Crippen molar-refractivity contribution in [2.24, 2.45) is 0 Å². The fourth-order valence-corrected chi connectivity index (χ4v) is 2.16. The van der Waals surface area contributed by atoms with E-state index in [1.54, 1.807) is 18.3 Å². The van der Waals surface area contributed by atoms with Crippen molar-refractivity contribution in [1.29, 1.82) is 0 Å². The van der Waals surface area contributed by atoms with Crippen LogP contribution in [-0.2, 0) is 11.2 Å². The molecule has 0 saturated carbocycles. The normalized spacial score (nSPS) is 10.3. The summed E-state index contributed by atoms with van der Waals surface area (Å²) in [6, 6.07) is 7.37. The Morgan fingerprint density at radius 1 is 1.30 bits per heavy atom. The van der Waals surface area contributed by atoms with Crippen molar-refractivity contribution in [3.8, 4) is 0 Å². The van der Waals surface area contributed by atoms with Crippen LogP contribution >= 0.6 is 15.9 Å². The van der Waals surface area contributed by atoms with Crippen LogP contribution in [0.4, 0.5) is 11.4 Å². The van der Waals surface area contributed by atoms with E-state index in [1.165, 1.54) is 0 Å². The number of pyridine rings is 1. The summed E-state index contributed by atoms with van der Waals surface area (Å²) in [5.41, 5.74) is 9.82. The van der Waals surface area contributed by atoms with Crippen LogP contribution in [0.1, 0.15) is 16.8 Å². The molecule has 0 aliphatic carbocycles. The van der Waals surface area contributed by atoms with E-state index in [4.69, 9.17) is 5.73 Å². The van der Waals surface area contributed by atoms with Gasteiger partial charge in [-0.05, 0) is 49.2 Å². The Hall–Kier alpha value is -1.88. The molecular weight excluding hydrogens is 318 g/mol. The van der Waals surface area contributed by atoms with Crippen LogP contribution in [0.25, 0.3) is 0 Å². The number of carbonyl (C=O) groups is 1. The van der Waals surface area contributed by atoms with E-state index in [9.17, 15) is 4.79 Å². The van der Waals surface area contributed by atoms with Crippen LogP contribution < -0.4 is 11.1 Å². The minimum atomic E-state index is -0.0941. The van der Waals surface area contributed by atoms with Gasteiger partial charge in [0.2, 0.25) is 5.91 Å². The first-order valence-corrected chi connectivity index (χ1v) is 7.02. The van der Waals surface area contributed by atoms with E-state index in [2.05, 4.69) is 26.2 Å². The van der Waals surface area contributed by atoms with Gasteiger partial charge in [-0.15, -0.1) is 0 Å². The average Bonchev–Trinajstić information content (AvgIpc) is 2.38. The van der Waals surface area contributed by atoms with Gasteiger partial charge >= 0.3 is 0 Å². The van der Waals surface area contributed by atoms with Crippen molar-refractivity contribution in [3.63, 3.8) is 0 Å². The topological polar surface area (TPSA) is 68.0 Å². The summed E-state index contributed by atoms with van der Waals surface area (Å²) >= 11 is 3.51. The van der Waals surface area contributed by atoms with E-state index >= 15 is 0 Å². The zero-order valence-corrected chi connectivity index (χ0v) is 13.0. The summed E-state index contributed by atoms with van der Waals surface area (Å²) in [6.45, 7) is 3.99. The van der Waals surface area contributed by atoms with Gasteiger partial charge in [-0.3, -0.25) is 9.78 Å². The van der Waals surface area contributed by atoms with Gasteiger partial charge in [0, 0.05) is 15.9 Å². The summed E-state index contributed by atoms with van der Waals surface area (Å²) in [7, 11) is 0. The third-order valence-corrected chi connectivity index (χ3v) is 4.16. The van der Waals surface area contributed by atoms with Gasteiger partial charge in [0.1, 0.15) is 0 Å². The first-order valence-electron chi connectivity index (χ1n) is 6.22. The molecule has 0 radical (unpaired) electrons. The molecule has 0 spiro atoms. The molecule has 4 nitrogen and oxygen atoms in total. The fourth-order valence-electron chi connectivity index (χ4n) is 1.93. The second kappa shape index (κ2) is 6.05. The molecule has 0 unspecified atom stereocenters. The van der Waals surface area contributed by atoms with E-state index in [0.29, 0.717) is 11.4 Å². The number of carbonyl (C=O) groups excluding carboxylic acids is 1. The van der Waals surface area contributed by atoms with E-state index in [-0.39, 0.29) is 12.3 Å². The fraction of sp³-hybridized carbons (Fsp3) is 0.200. The third kappa shape index (κ3) is 3.57. The SMILES string of the molecule is Cc1cc(NC(=O)Cc2ccc(N)cn2)cc(C)c1Br. The monoisotopic (exact) mass is 333 g/mol. The number of amides is 1. The summed E-state index contributed by atoms with van der Waals surface area (Å²) in [6.07, 6.45) is 1.78. The molecule has 0 aliphatic rings. The third-order valence-electron chi connectivity index (χ3n) is 2.91. The zero-order valence-electron chi connectivity index (χ0n) is 11.4. The second-order valence-electron chi connectivity index (χ2n) is 4.73. The molecule has 0 fully saturated rings. The standard InChI is InChI=1S/C15H16BrN3O/c1-9-5-13(6-10(2)15(9)16)19-14(20)7-12-4-3-11(17)8-18-12/h3-6,8H,7,17H2,1-2H3,(H,19,20). The average molecular weight is 334 g/mol. The van der Waals surface area contributed by atoms with Gasteiger partial charge < -0.3 is 11.1 Å². The first-order chi connectivity index (χ1) is 9.45. The summed E-state index contributed by atoms with van der Waals surface area (Å²) in [4.78, 5) is 16.1. The largest absolute Gasteiger partial charge is 0.397 e. The van der Waals surface area contributed by atoms with E-state index in [0.717, 1.165) is 21.3 Å². The molecule has 0 aliphatic heterocycles. The van der Waals surface area contributed by atoms with Gasteiger partial charge in [-0.2, -0.15) is 0 Å². The summed E-state index contributed by atoms with van der Waals surface area (Å²) < 4.78 is 1.07. The highest BCUT2D eigenvalue weighted by Crippen LogP contribution is 2.25. The number of nitrogens with zero attached hydrogens (tertiary/aromatic N) is 1. The minimum absolute atomic E-state index is 0.0941. The summed E-state index contributed by atoms with van der Waals surface area (Å²) in [5, 5.41) is 2.88. The van der Waals surface area contributed by atoms with Gasteiger partial charge in [0.15, 0.2) is 0 Å². The number of nitrogen functional groups attached to an aromatic ring is 1. The molecule has 0 saturated heterocycles. The predicted molar refractivity (Wildman–Crippen MR) is 84.6 cm³/mol. The molecule has 1 heterocycles. The van der Waals surface area contributed by atoms with Crippen molar-refractivity contribution in [1.82, 2.24) is 4.98 Å². The Labute approximate surface area is 126 Å². The Balaban J connectivity index is 2.06. The maximum absolute atomic E-state index is 12.0. The van der Waals surface area contributed by atoms with Gasteiger partial charge in [-0.1, -0.05) is 15.9 Å². The van der Waals surface area contributed by atoms with Crippen LogP contribution in [0.15, 0.2) is 34.9 Å². The molecule has 1 amide bonds. The van der Waals surface area contributed by atoms with Crippen molar-refractivity contribution in [2.45, 2.75) is 20.3 Å². The Bertz CT molecular complexity index is 615. The van der Waals surface area contributed by atoms with Gasteiger partial charge in [-0.25, -0.2) is 0 Å². The highest BCUT2D eigenvalue weighted by Gasteiger charge is 2.07. The maximum atomic E-state index is 12.0. The first kappa shape index (κ1) is 14.5. The molecule has 104 valence electrons. The van der Waals surface area contributed by atoms with Crippen LogP contribution in [0, 0.1) is 13.8 Å². The lowest BCUT2D eigenvalue weighted by molar-refractivity contribution is -0.115. The lowest BCUT2D eigenvalue weighted by atomic mass is 10.1. The highest BCUT2D eigenvalue weighted by molar-refractivity contribution is 9.10. The molecule has 20 heavy (non-hydrogen) atoms. The van der Waals surface area contributed by atoms with E-state index in [1.807, 2.05) is 26.0 Å². The number of aryl methyl sites for hydroxylation is 2. The van der Waals surface area contributed by atoms with Crippen molar-refractivity contribution < 1.29 is 4.79 Å². The zero-order chi connectivity index (χ0) is 14.7. The van der Waals surface area contributed by atoms with Crippen LogP contribution in [0.2, 0.25) is 0 Å². The van der Waals surface area contributed by atoms with Crippen molar-refractivity contribution in [2.75, 3.05) is 11.1 Å². The van der Waals surface area contributed by atoms with E-state index < -0.39 is 0 Å². The quantitative estimate of drug-likeness (QED) is 0.906. The molecule has 1 aromatic heterocycles. The van der Waals surface area contributed by atoms with Crippen molar-refractivity contribution >= 4 is 33.2 Å². The number of anilines is 2. The number of nitrogens with one attached hydrogen (secondary N) is 1. The number of aromatic nitrogens is 1. The smallest absolute Gasteiger partial charge is 0.230 e. The maximum Gasteiger partial charge on any atom is 0.230 e. The number of hydrogen-bond acceptors (Lipinski definition) is 3. The molecule has 1 aromatic carbocycles. The highest BCUT2D eigenvalue weighted by atomic mass is 79.9. The predicted octanol–water partition coefficient (Wildman–Crippen LogP) is 3.22. The number of benzene rings is 1. The Morgan fingerprint density at radius 2 is 1.95 bits per heavy atom. The molecule has 3 N–H and O–H groups in total. The minimum Gasteiger partial charge on any atom is -0.397 e. The number of halogens is 1. The molecule has 2 rings (SSSR count). The van der Waals surface area contributed by atoms with Gasteiger partial charge in [0.25, 0.3) is 0 Å². The van der Waals surface area contributed by atoms with Crippen LogP contribution in [0.5, 0.6) is 0 Å². The molecule has 2 aromatic rings. The molecule has 0 atom stereocenters. The number of nitrogens with two attached hydrogens (primary N) is 1. The lowest BCUT2D eigenvalue weighted by Gasteiger charge is -2.09. The molecular formula is C15H16BrN3O. The summed E-state index contributed by atoms with van der Waals surface area (Å²) in [5.74, 6) is -0.0941. The molecule has 0 bridgehead atoms. The van der Waals surface area contributed by atoms with Crippen LogP contribution in [-0.4, -0.2) is 10.9 Å². The number of hydrogen-bond donors (Lipinski definition) is 2. The van der Waals surface area contributed by atoms with Crippen molar-refractivity contribution in [3.05, 3.63) is 51.8 Å². The Morgan fingerprint density at radius 3 is 2.50 bits per heavy atom. The second-order valence-corrected chi connectivity index (χ2v) is 5.52. The number of rotatable bonds is 3. The van der Waals surface area contributed by atoms with Gasteiger partial charge in [0.05, 0.1) is 18.3 Å². The Kier molecular flexibility index (Phi) is 4.39. The molecule has 5 heteroatoms.